The number of amides is 2. The Kier molecular flexibility index (Phi) is 4.89. The molecule has 1 aromatic heterocycles. The number of carbonyl (C=O) groups excluding carboxylic acids is 2. The van der Waals surface area contributed by atoms with E-state index < -0.39 is 0 Å². The van der Waals surface area contributed by atoms with E-state index in [0.717, 1.165) is 11.1 Å². The quantitative estimate of drug-likeness (QED) is 0.916. The maximum Gasteiger partial charge on any atom is 0.225 e. The molecule has 2 aromatic rings. The number of nitrogens with zero attached hydrogens (tertiary/aromatic N) is 2. The predicted molar refractivity (Wildman–Crippen MR) is 90.8 cm³/mol. The highest BCUT2D eigenvalue weighted by Crippen LogP contribution is 2.20. The van der Waals surface area contributed by atoms with Crippen molar-refractivity contribution < 1.29 is 9.59 Å². The normalized spacial score (nSPS) is 17.1. The summed E-state index contributed by atoms with van der Waals surface area (Å²) in [6, 6.07) is 11.9. The van der Waals surface area contributed by atoms with E-state index in [0.29, 0.717) is 19.6 Å². The minimum Gasteiger partial charge on any atom is -0.352 e. The van der Waals surface area contributed by atoms with Crippen molar-refractivity contribution in [1.82, 2.24) is 15.2 Å². The number of nitrogens with one attached hydrogen (secondary N) is 1. The second-order valence-corrected chi connectivity index (χ2v) is 6.24. The van der Waals surface area contributed by atoms with E-state index in [2.05, 4.69) is 10.3 Å². The van der Waals surface area contributed by atoms with Gasteiger partial charge in [-0.15, -0.1) is 0 Å². The molecule has 124 valence electrons. The van der Waals surface area contributed by atoms with Crippen LogP contribution in [0.25, 0.3) is 0 Å². The standard InChI is InChI=1S/C19H21N3O2/c1-14-4-6-15(7-5-14)12-22-13-17(9-18(22)23)19(24)21-11-16-3-2-8-20-10-16/h2-8,10,17H,9,11-13H2,1H3,(H,21,24)/t17-/m1/s1. The first-order chi connectivity index (χ1) is 11.6. The first-order valence-corrected chi connectivity index (χ1v) is 8.12. The highest BCUT2D eigenvalue weighted by atomic mass is 16.2. The Bertz CT molecular complexity index is 713. The molecule has 1 fully saturated rings. The average Bonchev–Trinajstić information content (AvgIpc) is 2.96. The molecule has 0 bridgehead atoms. The molecule has 5 nitrogen and oxygen atoms in total. The van der Waals surface area contributed by atoms with Crippen LogP contribution in [0.1, 0.15) is 23.1 Å². The van der Waals surface area contributed by atoms with Crippen molar-refractivity contribution in [3.05, 3.63) is 65.5 Å². The monoisotopic (exact) mass is 323 g/mol. The Labute approximate surface area is 141 Å². The molecule has 24 heavy (non-hydrogen) atoms. The Morgan fingerprint density at radius 3 is 2.75 bits per heavy atom. The van der Waals surface area contributed by atoms with Crippen molar-refractivity contribution in [2.75, 3.05) is 6.54 Å². The fourth-order valence-corrected chi connectivity index (χ4v) is 2.85. The molecule has 1 aromatic carbocycles. The van der Waals surface area contributed by atoms with Gasteiger partial charge in [-0.05, 0) is 24.1 Å². The van der Waals surface area contributed by atoms with Gasteiger partial charge in [0.05, 0.1) is 5.92 Å². The minimum absolute atomic E-state index is 0.0390. The van der Waals surface area contributed by atoms with E-state index in [-0.39, 0.29) is 24.2 Å². The van der Waals surface area contributed by atoms with Crippen LogP contribution in [0, 0.1) is 12.8 Å². The summed E-state index contributed by atoms with van der Waals surface area (Å²) in [4.78, 5) is 30.3. The fraction of sp³-hybridized carbons (Fsp3) is 0.316. The second kappa shape index (κ2) is 7.25. The van der Waals surface area contributed by atoms with Crippen LogP contribution in [0.5, 0.6) is 0 Å². The lowest BCUT2D eigenvalue weighted by atomic mass is 10.1. The lowest BCUT2D eigenvalue weighted by Gasteiger charge is -2.17. The molecule has 0 radical (unpaired) electrons. The number of aromatic nitrogens is 1. The van der Waals surface area contributed by atoms with Crippen molar-refractivity contribution in [2.45, 2.75) is 26.4 Å². The van der Waals surface area contributed by atoms with E-state index in [4.69, 9.17) is 0 Å². The molecule has 1 aliphatic rings. The molecular weight excluding hydrogens is 302 g/mol. The van der Waals surface area contributed by atoms with Gasteiger partial charge >= 0.3 is 0 Å². The van der Waals surface area contributed by atoms with Crippen molar-refractivity contribution in [2.24, 2.45) is 5.92 Å². The topological polar surface area (TPSA) is 62.3 Å². The minimum atomic E-state index is -0.278. The molecule has 2 heterocycles. The fourth-order valence-electron chi connectivity index (χ4n) is 2.85. The predicted octanol–water partition coefficient (Wildman–Crippen LogP) is 2.05. The summed E-state index contributed by atoms with van der Waals surface area (Å²) in [5.41, 5.74) is 3.23. The van der Waals surface area contributed by atoms with E-state index in [1.165, 1.54) is 5.56 Å². The number of hydrogen-bond acceptors (Lipinski definition) is 3. The SMILES string of the molecule is Cc1ccc(CN2C[C@H](C(=O)NCc3cccnc3)CC2=O)cc1. The van der Waals surface area contributed by atoms with E-state index in [9.17, 15) is 9.59 Å². The zero-order valence-corrected chi connectivity index (χ0v) is 13.7. The van der Waals surface area contributed by atoms with Gasteiger partial charge in [0.25, 0.3) is 0 Å². The van der Waals surface area contributed by atoms with E-state index >= 15 is 0 Å². The smallest absolute Gasteiger partial charge is 0.225 e. The van der Waals surface area contributed by atoms with Gasteiger partial charge in [-0.2, -0.15) is 0 Å². The number of hydrogen-bond donors (Lipinski definition) is 1. The average molecular weight is 323 g/mol. The Morgan fingerprint density at radius 2 is 2.04 bits per heavy atom. The van der Waals surface area contributed by atoms with Crippen LogP contribution in [0.3, 0.4) is 0 Å². The molecule has 0 spiro atoms. The summed E-state index contributed by atoms with van der Waals surface area (Å²) in [6.45, 7) is 3.51. The van der Waals surface area contributed by atoms with Gasteiger partial charge in [0, 0.05) is 38.4 Å². The second-order valence-electron chi connectivity index (χ2n) is 6.24. The third-order valence-electron chi connectivity index (χ3n) is 4.27. The molecule has 0 aliphatic carbocycles. The van der Waals surface area contributed by atoms with Crippen LogP contribution in [0.15, 0.2) is 48.8 Å². The van der Waals surface area contributed by atoms with Crippen LogP contribution in [-0.4, -0.2) is 28.2 Å². The molecule has 0 saturated carbocycles. The summed E-state index contributed by atoms with van der Waals surface area (Å²) < 4.78 is 0. The largest absolute Gasteiger partial charge is 0.352 e. The lowest BCUT2D eigenvalue weighted by molar-refractivity contribution is -0.129. The zero-order valence-electron chi connectivity index (χ0n) is 13.7. The van der Waals surface area contributed by atoms with Crippen molar-refractivity contribution in [3.8, 4) is 0 Å². The van der Waals surface area contributed by atoms with Gasteiger partial charge in [0.15, 0.2) is 0 Å². The Morgan fingerprint density at radius 1 is 1.25 bits per heavy atom. The highest BCUT2D eigenvalue weighted by molar-refractivity contribution is 5.89. The van der Waals surface area contributed by atoms with Crippen molar-refractivity contribution in [1.29, 1.82) is 0 Å². The van der Waals surface area contributed by atoms with Crippen LogP contribution in [0.4, 0.5) is 0 Å². The number of benzene rings is 1. The lowest BCUT2D eigenvalue weighted by Crippen LogP contribution is -2.32. The number of pyridine rings is 1. The first-order valence-electron chi connectivity index (χ1n) is 8.12. The molecule has 0 unspecified atom stereocenters. The van der Waals surface area contributed by atoms with Crippen molar-refractivity contribution >= 4 is 11.8 Å². The summed E-state index contributed by atoms with van der Waals surface area (Å²) >= 11 is 0. The summed E-state index contributed by atoms with van der Waals surface area (Å²) in [5, 5.41) is 2.90. The summed E-state index contributed by atoms with van der Waals surface area (Å²) in [6.07, 6.45) is 3.71. The third-order valence-corrected chi connectivity index (χ3v) is 4.27. The Hall–Kier alpha value is -2.69. The van der Waals surface area contributed by atoms with E-state index in [1.807, 2.05) is 43.3 Å². The first kappa shape index (κ1) is 16.2. The van der Waals surface area contributed by atoms with Gasteiger partial charge in [0.1, 0.15) is 0 Å². The van der Waals surface area contributed by atoms with Crippen LogP contribution in [-0.2, 0) is 22.7 Å². The van der Waals surface area contributed by atoms with Gasteiger partial charge in [0.2, 0.25) is 11.8 Å². The molecule has 1 atom stereocenters. The summed E-state index contributed by atoms with van der Waals surface area (Å²) in [5.74, 6) is -0.310. The third kappa shape index (κ3) is 3.98. The Balaban J connectivity index is 1.53. The van der Waals surface area contributed by atoms with E-state index in [1.54, 1.807) is 17.3 Å². The molecule has 3 rings (SSSR count). The number of aryl methyl sites for hydroxylation is 1. The molecule has 1 N–H and O–H groups in total. The molecule has 1 aliphatic heterocycles. The molecule has 5 heteroatoms. The van der Waals surface area contributed by atoms with Crippen molar-refractivity contribution in [3.63, 3.8) is 0 Å². The van der Waals surface area contributed by atoms with Gasteiger partial charge in [-0.1, -0.05) is 35.9 Å². The maximum atomic E-state index is 12.3. The number of carbonyl (C=O) groups is 2. The zero-order chi connectivity index (χ0) is 16.9. The molecule has 2 amide bonds. The van der Waals surface area contributed by atoms with Crippen LogP contribution >= 0.6 is 0 Å². The van der Waals surface area contributed by atoms with Gasteiger partial charge in [-0.25, -0.2) is 0 Å². The van der Waals surface area contributed by atoms with Crippen LogP contribution in [0.2, 0.25) is 0 Å². The highest BCUT2D eigenvalue weighted by Gasteiger charge is 2.34. The number of likely N-dealkylation sites (tertiary alicyclic amines) is 1. The van der Waals surface area contributed by atoms with Gasteiger partial charge in [-0.3, -0.25) is 14.6 Å². The van der Waals surface area contributed by atoms with Gasteiger partial charge < -0.3 is 10.2 Å². The van der Waals surface area contributed by atoms with Crippen LogP contribution < -0.4 is 5.32 Å². The number of rotatable bonds is 5. The summed E-state index contributed by atoms with van der Waals surface area (Å²) in [7, 11) is 0. The maximum absolute atomic E-state index is 12.3. The molecule has 1 saturated heterocycles. The molecular formula is C19H21N3O2.